The van der Waals surface area contributed by atoms with E-state index in [2.05, 4.69) is 20.6 Å². The summed E-state index contributed by atoms with van der Waals surface area (Å²) in [5, 5.41) is 11.9. The molecule has 7 nitrogen and oxygen atoms in total. The summed E-state index contributed by atoms with van der Waals surface area (Å²) >= 11 is 0. The molecule has 1 aromatic carbocycles. The van der Waals surface area contributed by atoms with Gasteiger partial charge in [0.2, 0.25) is 0 Å². The Morgan fingerprint density at radius 3 is 2.76 bits per heavy atom. The normalized spacial score (nSPS) is 10.0. The molecule has 1 amide bonds. The number of carbonyl (C=O) groups is 1. The molecular weight excluding hydrogens is 363 g/mol. The largest absolute Gasteiger partial charge is 0.351 e. The van der Waals surface area contributed by atoms with Crippen molar-refractivity contribution in [3.05, 3.63) is 47.9 Å². The third kappa shape index (κ3) is 4.25. The Labute approximate surface area is 157 Å². The number of nitrogens with zero attached hydrogens (tertiary/aromatic N) is 4. The van der Waals surface area contributed by atoms with Crippen LogP contribution < -0.4 is 11.1 Å². The second-order valence-corrected chi connectivity index (χ2v) is 5.19. The van der Waals surface area contributed by atoms with Crippen LogP contribution in [0.2, 0.25) is 0 Å². The molecule has 2 heterocycles. The van der Waals surface area contributed by atoms with Crippen LogP contribution >= 0.6 is 24.8 Å². The van der Waals surface area contributed by atoms with E-state index < -0.39 is 0 Å². The van der Waals surface area contributed by atoms with E-state index in [-0.39, 0.29) is 30.7 Å². The summed E-state index contributed by atoms with van der Waals surface area (Å²) in [6.45, 7) is 2.88. The Kier molecular flexibility index (Phi) is 7.76. The average Bonchev–Trinajstić information content (AvgIpc) is 2.96. The van der Waals surface area contributed by atoms with Crippen molar-refractivity contribution in [2.45, 2.75) is 13.3 Å². The van der Waals surface area contributed by atoms with Gasteiger partial charge in [-0.2, -0.15) is 0 Å². The van der Waals surface area contributed by atoms with E-state index in [4.69, 9.17) is 5.73 Å². The lowest BCUT2D eigenvalue weighted by molar-refractivity contribution is 0.0948. The zero-order valence-corrected chi connectivity index (χ0v) is 15.3. The fourth-order valence-electron chi connectivity index (χ4n) is 2.41. The number of fused-ring (bicyclic) bond motifs is 1. The van der Waals surface area contributed by atoms with Gasteiger partial charge in [-0.05, 0) is 32.0 Å². The number of aromatic nitrogens is 4. The van der Waals surface area contributed by atoms with Crippen LogP contribution in [0.15, 0.2) is 36.5 Å². The number of pyridine rings is 1. The van der Waals surface area contributed by atoms with Crippen molar-refractivity contribution in [1.29, 1.82) is 0 Å². The van der Waals surface area contributed by atoms with Gasteiger partial charge in [-0.25, -0.2) is 4.68 Å². The number of hydrogen-bond donors (Lipinski definition) is 2. The van der Waals surface area contributed by atoms with Gasteiger partial charge >= 0.3 is 0 Å². The molecule has 9 heteroatoms. The Morgan fingerprint density at radius 2 is 2.00 bits per heavy atom. The number of para-hydroxylation sites is 1. The van der Waals surface area contributed by atoms with E-state index in [0.717, 1.165) is 23.0 Å². The third-order valence-corrected chi connectivity index (χ3v) is 3.62. The van der Waals surface area contributed by atoms with Gasteiger partial charge in [0.15, 0.2) is 5.69 Å². The average molecular weight is 383 g/mol. The fraction of sp³-hybridized carbons (Fsp3) is 0.250. The summed E-state index contributed by atoms with van der Waals surface area (Å²) in [7, 11) is 0. The lowest BCUT2D eigenvalue weighted by atomic mass is 10.2. The first-order valence-corrected chi connectivity index (χ1v) is 7.47. The van der Waals surface area contributed by atoms with Crippen LogP contribution in [-0.4, -0.2) is 39.0 Å². The van der Waals surface area contributed by atoms with Crippen molar-refractivity contribution in [3.63, 3.8) is 0 Å². The Balaban J connectivity index is 0.00000156. The van der Waals surface area contributed by atoms with Crippen molar-refractivity contribution in [1.82, 2.24) is 25.3 Å². The van der Waals surface area contributed by atoms with Gasteiger partial charge < -0.3 is 11.1 Å². The smallest absolute Gasteiger partial charge is 0.273 e. The minimum absolute atomic E-state index is 0. The van der Waals surface area contributed by atoms with Crippen LogP contribution in [0.25, 0.3) is 16.6 Å². The predicted octanol–water partition coefficient (Wildman–Crippen LogP) is 2.05. The number of carbonyl (C=O) groups excluding carboxylic acids is 1. The summed E-state index contributed by atoms with van der Waals surface area (Å²) in [5.74, 6) is -0.240. The molecule has 0 atom stereocenters. The molecule has 0 fully saturated rings. The molecule has 134 valence electrons. The van der Waals surface area contributed by atoms with Crippen LogP contribution in [0, 0.1) is 6.92 Å². The quantitative estimate of drug-likeness (QED) is 0.657. The molecular formula is C16H20Cl2N6O. The molecule has 0 aliphatic heterocycles. The van der Waals surface area contributed by atoms with E-state index in [0.29, 0.717) is 24.5 Å². The molecule has 3 rings (SSSR count). The number of amides is 1. The first-order valence-electron chi connectivity index (χ1n) is 7.47. The fourth-order valence-corrected chi connectivity index (χ4v) is 2.41. The standard InChI is InChI=1S/C16H18N6O.2ClH/c1-11-14(16(23)19-10-4-8-17)20-21-22(11)13-7-2-5-12-6-3-9-18-15(12)13;;/h2-3,5-7,9H,4,8,10,17H2,1H3,(H,19,23);2*1H. The Bertz CT molecular complexity index is 846. The minimum atomic E-state index is -0.240. The van der Waals surface area contributed by atoms with E-state index in [1.807, 2.05) is 37.3 Å². The molecule has 0 spiro atoms. The van der Waals surface area contributed by atoms with Crippen LogP contribution in [-0.2, 0) is 0 Å². The zero-order chi connectivity index (χ0) is 16.2. The highest BCUT2D eigenvalue weighted by molar-refractivity contribution is 5.93. The summed E-state index contributed by atoms with van der Waals surface area (Å²) in [6, 6.07) is 9.70. The number of benzene rings is 1. The van der Waals surface area contributed by atoms with Crippen molar-refractivity contribution in [2.24, 2.45) is 5.73 Å². The molecule has 25 heavy (non-hydrogen) atoms. The number of hydrogen-bond acceptors (Lipinski definition) is 5. The molecule has 0 aliphatic carbocycles. The van der Waals surface area contributed by atoms with Crippen molar-refractivity contribution < 1.29 is 4.79 Å². The van der Waals surface area contributed by atoms with Crippen LogP contribution in [0.1, 0.15) is 22.6 Å². The van der Waals surface area contributed by atoms with Gasteiger partial charge in [-0.1, -0.05) is 23.4 Å². The van der Waals surface area contributed by atoms with Crippen molar-refractivity contribution >= 4 is 41.6 Å². The third-order valence-electron chi connectivity index (χ3n) is 3.62. The molecule has 0 saturated carbocycles. The number of nitrogens with one attached hydrogen (secondary N) is 1. The molecule has 0 radical (unpaired) electrons. The Hall–Kier alpha value is -2.22. The molecule has 3 N–H and O–H groups in total. The summed E-state index contributed by atoms with van der Waals surface area (Å²) < 4.78 is 1.65. The highest BCUT2D eigenvalue weighted by Gasteiger charge is 2.18. The van der Waals surface area contributed by atoms with Crippen LogP contribution in [0.3, 0.4) is 0 Å². The summed E-state index contributed by atoms with van der Waals surface area (Å²) in [6.07, 6.45) is 2.46. The van der Waals surface area contributed by atoms with E-state index in [1.54, 1.807) is 10.9 Å². The monoisotopic (exact) mass is 382 g/mol. The zero-order valence-electron chi connectivity index (χ0n) is 13.7. The maximum atomic E-state index is 12.2. The first kappa shape index (κ1) is 20.8. The number of nitrogens with two attached hydrogens (primary N) is 1. The van der Waals surface area contributed by atoms with E-state index in [1.165, 1.54) is 0 Å². The highest BCUT2D eigenvalue weighted by atomic mass is 35.5. The van der Waals surface area contributed by atoms with E-state index >= 15 is 0 Å². The molecule has 0 bridgehead atoms. The summed E-state index contributed by atoms with van der Waals surface area (Å²) in [5.41, 5.74) is 8.03. The SMILES string of the molecule is Cc1c(C(=O)NCCCN)nnn1-c1cccc2cccnc12.Cl.Cl. The molecule has 2 aromatic heterocycles. The molecule has 0 unspecified atom stereocenters. The lowest BCUT2D eigenvalue weighted by Crippen LogP contribution is -2.27. The van der Waals surface area contributed by atoms with Crippen LogP contribution in [0.5, 0.6) is 0 Å². The van der Waals surface area contributed by atoms with Gasteiger partial charge in [0.25, 0.3) is 5.91 Å². The van der Waals surface area contributed by atoms with Crippen molar-refractivity contribution in [2.75, 3.05) is 13.1 Å². The number of rotatable bonds is 5. The second-order valence-electron chi connectivity index (χ2n) is 5.19. The Morgan fingerprint density at radius 1 is 1.24 bits per heavy atom. The number of halogens is 2. The second kappa shape index (κ2) is 9.31. The topological polar surface area (TPSA) is 98.7 Å². The lowest BCUT2D eigenvalue weighted by Gasteiger charge is -2.07. The first-order chi connectivity index (χ1) is 11.2. The van der Waals surface area contributed by atoms with Crippen molar-refractivity contribution in [3.8, 4) is 5.69 Å². The highest BCUT2D eigenvalue weighted by Crippen LogP contribution is 2.21. The maximum absolute atomic E-state index is 12.2. The van der Waals surface area contributed by atoms with E-state index in [9.17, 15) is 4.79 Å². The summed E-state index contributed by atoms with van der Waals surface area (Å²) in [4.78, 5) is 16.6. The van der Waals surface area contributed by atoms with Gasteiger partial charge in [0.1, 0.15) is 0 Å². The van der Waals surface area contributed by atoms with Gasteiger partial charge in [-0.15, -0.1) is 29.9 Å². The predicted molar refractivity (Wildman–Crippen MR) is 102 cm³/mol. The maximum Gasteiger partial charge on any atom is 0.273 e. The van der Waals surface area contributed by atoms with Crippen LogP contribution in [0.4, 0.5) is 0 Å². The minimum Gasteiger partial charge on any atom is -0.351 e. The molecule has 3 aromatic rings. The molecule has 0 aliphatic rings. The van der Waals surface area contributed by atoms with Gasteiger partial charge in [0, 0.05) is 18.1 Å². The van der Waals surface area contributed by atoms with Gasteiger partial charge in [-0.3, -0.25) is 9.78 Å². The molecule has 0 saturated heterocycles. The van der Waals surface area contributed by atoms with Gasteiger partial charge in [0.05, 0.1) is 16.9 Å².